The molecule has 98 valence electrons. The lowest BCUT2D eigenvalue weighted by Crippen LogP contribution is -2.46. The van der Waals surface area contributed by atoms with Crippen LogP contribution in [0.1, 0.15) is 6.92 Å². The van der Waals surface area contributed by atoms with Gasteiger partial charge in [0.15, 0.2) is 0 Å². The highest BCUT2D eigenvalue weighted by Crippen LogP contribution is 2.19. The van der Waals surface area contributed by atoms with E-state index in [1.54, 1.807) is 12.1 Å². The Bertz CT molecular complexity index is 409. The number of anilines is 1. The largest absolute Gasteiger partial charge is 0.489 e. The summed E-state index contributed by atoms with van der Waals surface area (Å²) in [4.78, 5) is 4.68. The number of hydrogen-bond donors (Lipinski definition) is 2. The molecule has 0 aliphatic carbocycles. The Morgan fingerprint density at radius 1 is 1.22 bits per heavy atom. The van der Waals surface area contributed by atoms with Crippen LogP contribution in [0, 0.1) is 0 Å². The molecular formula is C12H18BClN2O2. The van der Waals surface area contributed by atoms with E-state index in [-0.39, 0.29) is 0 Å². The number of benzene rings is 1. The molecule has 0 radical (unpaired) electrons. The molecule has 6 heteroatoms. The van der Waals surface area contributed by atoms with Crippen molar-refractivity contribution in [1.29, 1.82) is 0 Å². The van der Waals surface area contributed by atoms with Crippen molar-refractivity contribution >= 4 is 29.9 Å². The number of hydrogen-bond acceptors (Lipinski definition) is 4. The first-order valence-electron chi connectivity index (χ1n) is 6.24. The van der Waals surface area contributed by atoms with Crippen molar-refractivity contribution in [3.05, 3.63) is 23.2 Å². The van der Waals surface area contributed by atoms with E-state index >= 15 is 0 Å². The van der Waals surface area contributed by atoms with Gasteiger partial charge < -0.3 is 19.8 Å². The minimum Gasteiger partial charge on any atom is -0.423 e. The van der Waals surface area contributed by atoms with Crippen LogP contribution >= 0.6 is 11.6 Å². The summed E-state index contributed by atoms with van der Waals surface area (Å²) < 4.78 is 0. The summed E-state index contributed by atoms with van der Waals surface area (Å²) in [5, 5.41) is 18.6. The zero-order valence-electron chi connectivity index (χ0n) is 10.5. The van der Waals surface area contributed by atoms with Gasteiger partial charge in [-0.2, -0.15) is 0 Å². The third-order valence-corrected chi connectivity index (χ3v) is 3.77. The first kappa shape index (κ1) is 13.7. The average Bonchev–Trinajstić information content (AvgIpc) is 2.38. The van der Waals surface area contributed by atoms with Crippen LogP contribution in [0.2, 0.25) is 5.02 Å². The number of likely N-dealkylation sites (N-methyl/N-ethyl adjacent to an activating group) is 1. The van der Waals surface area contributed by atoms with Gasteiger partial charge in [0.1, 0.15) is 0 Å². The molecule has 0 amide bonds. The van der Waals surface area contributed by atoms with Crippen molar-refractivity contribution in [2.24, 2.45) is 0 Å². The molecule has 18 heavy (non-hydrogen) atoms. The highest BCUT2D eigenvalue weighted by Gasteiger charge is 2.19. The van der Waals surface area contributed by atoms with Crippen molar-refractivity contribution in [3.8, 4) is 0 Å². The number of piperazine rings is 1. The molecular weight excluding hydrogens is 250 g/mol. The van der Waals surface area contributed by atoms with Crippen LogP contribution < -0.4 is 10.4 Å². The van der Waals surface area contributed by atoms with Crippen molar-refractivity contribution in [2.45, 2.75) is 6.92 Å². The Morgan fingerprint density at radius 2 is 1.89 bits per heavy atom. The Kier molecular flexibility index (Phi) is 4.51. The Balaban J connectivity index is 2.08. The third-order valence-electron chi connectivity index (χ3n) is 3.45. The lowest BCUT2D eigenvalue weighted by molar-refractivity contribution is 0.271. The van der Waals surface area contributed by atoms with E-state index in [9.17, 15) is 0 Å². The summed E-state index contributed by atoms with van der Waals surface area (Å²) in [5.74, 6) is 0. The van der Waals surface area contributed by atoms with Crippen LogP contribution in [-0.4, -0.2) is 54.8 Å². The zero-order valence-corrected chi connectivity index (χ0v) is 11.3. The molecule has 2 N–H and O–H groups in total. The topological polar surface area (TPSA) is 46.9 Å². The van der Waals surface area contributed by atoms with E-state index in [0.29, 0.717) is 10.5 Å². The first-order chi connectivity index (χ1) is 8.61. The maximum Gasteiger partial charge on any atom is 0.489 e. The van der Waals surface area contributed by atoms with Gasteiger partial charge in [0, 0.05) is 42.4 Å². The quantitative estimate of drug-likeness (QED) is 0.767. The SMILES string of the molecule is CCN1CCN(c2ccc(B(O)O)c(Cl)c2)CC1. The molecule has 0 saturated carbocycles. The van der Waals surface area contributed by atoms with Gasteiger partial charge in [0.05, 0.1) is 0 Å². The van der Waals surface area contributed by atoms with Crippen LogP contribution in [0.4, 0.5) is 5.69 Å². The van der Waals surface area contributed by atoms with Gasteiger partial charge in [-0.05, 0) is 18.7 Å². The number of nitrogens with zero attached hydrogens (tertiary/aromatic N) is 2. The summed E-state index contributed by atoms with van der Waals surface area (Å²) in [7, 11) is -1.51. The summed E-state index contributed by atoms with van der Waals surface area (Å²) >= 11 is 6.04. The van der Waals surface area contributed by atoms with Crippen molar-refractivity contribution in [3.63, 3.8) is 0 Å². The molecule has 0 atom stereocenters. The fraction of sp³-hybridized carbons (Fsp3) is 0.500. The predicted octanol–water partition coefficient (Wildman–Crippen LogP) is 0.162. The molecule has 4 nitrogen and oxygen atoms in total. The van der Waals surface area contributed by atoms with E-state index < -0.39 is 7.12 Å². The van der Waals surface area contributed by atoms with Gasteiger partial charge in [-0.3, -0.25) is 0 Å². The van der Waals surface area contributed by atoms with E-state index in [2.05, 4.69) is 16.7 Å². The second kappa shape index (κ2) is 5.93. The summed E-state index contributed by atoms with van der Waals surface area (Å²) in [6, 6.07) is 5.37. The number of rotatable bonds is 3. The molecule has 1 heterocycles. The molecule has 1 saturated heterocycles. The summed E-state index contributed by atoms with van der Waals surface area (Å²) in [6.45, 7) is 7.32. The van der Waals surface area contributed by atoms with Crippen LogP contribution in [-0.2, 0) is 0 Å². The first-order valence-corrected chi connectivity index (χ1v) is 6.62. The molecule has 1 fully saturated rings. The van der Waals surface area contributed by atoms with Crippen LogP contribution in [0.15, 0.2) is 18.2 Å². The van der Waals surface area contributed by atoms with Crippen molar-refractivity contribution in [2.75, 3.05) is 37.6 Å². The van der Waals surface area contributed by atoms with Gasteiger partial charge in [-0.1, -0.05) is 24.6 Å². The second-order valence-electron chi connectivity index (χ2n) is 4.50. The molecule has 1 aromatic carbocycles. The summed E-state index contributed by atoms with van der Waals surface area (Å²) in [6.07, 6.45) is 0. The van der Waals surface area contributed by atoms with E-state index in [4.69, 9.17) is 21.6 Å². The molecule has 1 aromatic rings. The van der Waals surface area contributed by atoms with E-state index in [1.165, 1.54) is 0 Å². The maximum atomic E-state index is 9.12. The second-order valence-corrected chi connectivity index (χ2v) is 4.91. The van der Waals surface area contributed by atoms with Gasteiger partial charge in [0.25, 0.3) is 0 Å². The highest BCUT2D eigenvalue weighted by atomic mass is 35.5. The minimum atomic E-state index is -1.51. The van der Waals surface area contributed by atoms with Gasteiger partial charge in [0.2, 0.25) is 0 Å². The van der Waals surface area contributed by atoms with Crippen molar-refractivity contribution < 1.29 is 10.0 Å². The fourth-order valence-electron chi connectivity index (χ4n) is 2.24. The molecule has 0 spiro atoms. The fourth-order valence-corrected chi connectivity index (χ4v) is 2.52. The van der Waals surface area contributed by atoms with E-state index in [1.807, 2.05) is 6.07 Å². The number of halogens is 1. The van der Waals surface area contributed by atoms with Gasteiger partial charge in [-0.15, -0.1) is 0 Å². The molecule has 2 rings (SSSR count). The zero-order chi connectivity index (χ0) is 13.1. The van der Waals surface area contributed by atoms with Crippen LogP contribution in [0.5, 0.6) is 0 Å². The van der Waals surface area contributed by atoms with Crippen molar-refractivity contribution in [1.82, 2.24) is 4.90 Å². The standard InChI is InChI=1S/C12H18BClN2O2/c1-2-15-5-7-16(8-6-15)10-3-4-11(13(17)18)12(14)9-10/h3-4,9,17-18H,2,5-8H2,1H3. The normalized spacial score (nSPS) is 17.0. The molecule has 0 bridgehead atoms. The maximum absolute atomic E-state index is 9.12. The molecule has 1 aliphatic heterocycles. The smallest absolute Gasteiger partial charge is 0.423 e. The Labute approximate surface area is 113 Å². The van der Waals surface area contributed by atoms with Gasteiger partial charge in [-0.25, -0.2) is 0 Å². The monoisotopic (exact) mass is 268 g/mol. The minimum absolute atomic E-state index is 0.354. The molecule has 1 aliphatic rings. The van der Waals surface area contributed by atoms with Crippen LogP contribution in [0.25, 0.3) is 0 Å². The molecule has 0 aromatic heterocycles. The lowest BCUT2D eigenvalue weighted by Gasteiger charge is -2.35. The Hall–Kier alpha value is -0.745. The third kappa shape index (κ3) is 2.98. The molecule has 0 unspecified atom stereocenters. The Morgan fingerprint density at radius 3 is 2.39 bits per heavy atom. The van der Waals surface area contributed by atoms with Crippen LogP contribution in [0.3, 0.4) is 0 Å². The lowest BCUT2D eigenvalue weighted by atomic mass is 9.80. The van der Waals surface area contributed by atoms with Gasteiger partial charge >= 0.3 is 7.12 Å². The average molecular weight is 269 g/mol. The highest BCUT2D eigenvalue weighted by molar-refractivity contribution is 6.62. The predicted molar refractivity (Wildman–Crippen MR) is 75.6 cm³/mol. The summed E-state index contributed by atoms with van der Waals surface area (Å²) in [5.41, 5.74) is 1.40. The van der Waals surface area contributed by atoms with E-state index in [0.717, 1.165) is 38.4 Å².